The Morgan fingerprint density at radius 2 is 0.746 bits per heavy atom. The molecule has 0 saturated heterocycles. The molecule has 10 aromatic carbocycles. The highest BCUT2D eigenvalue weighted by Gasteiger charge is 2.17. The number of hydrogen-bond donors (Lipinski definition) is 0. The molecular weight excluding hydrogens is 713 g/mol. The molecule has 0 aliphatic carbocycles. The molecule has 0 amide bonds. The Morgan fingerprint density at radius 3 is 1.41 bits per heavy atom. The molecule has 2 heterocycles. The molecule has 2 aromatic heterocycles. The van der Waals surface area contributed by atoms with Crippen LogP contribution in [0.5, 0.6) is 0 Å². The third kappa shape index (κ3) is 5.20. The van der Waals surface area contributed by atoms with Crippen LogP contribution in [0.25, 0.3) is 110 Å². The van der Waals surface area contributed by atoms with E-state index in [1.807, 2.05) is 6.08 Å². The third-order valence-corrected chi connectivity index (χ3v) is 12.4. The fraction of sp³-hybridized carbons (Fsp3) is 0.0175. The van der Waals surface area contributed by atoms with Gasteiger partial charge in [0.15, 0.2) is 0 Å². The Morgan fingerprint density at radius 1 is 0.305 bits per heavy atom. The second-order valence-electron chi connectivity index (χ2n) is 15.7. The normalized spacial score (nSPS) is 11.9. The van der Waals surface area contributed by atoms with E-state index < -0.39 is 0 Å². The summed E-state index contributed by atoms with van der Waals surface area (Å²) in [7, 11) is 0. The summed E-state index contributed by atoms with van der Waals surface area (Å²) >= 11 is 0. The Labute approximate surface area is 342 Å². The minimum atomic E-state index is 0.825. The fourth-order valence-electron chi connectivity index (χ4n) is 9.74. The highest BCUT2D eigenvalue weighted by molar-refractivity contribution is 6.25. The average Bonchev–Trinajstić information content (AvgIpc) is 3.81. The number of hydrogen-bond acceptors (Lipinski definition) is 0. The van der Waals surface area contributed by atoms with Gasteiger partial charge in [0.2, 0.25) is 0 Å². The van der Waals surface area contributed by atoms with E-state index >= 15 is 0 Å². The number of allylic oxidation sites excluding steroid dienone is 1. The molecule has 0 atom stereocenters. The highest BCUT2D eigenvalue weighted by atomic mass is 15.0. The minimum Gasteiger partial charge on any atom is -0.309 e. The zero-order valence-electron chi connectivity index (χ0n) is 32.4. The minimum absolute atomic E-state index is 0.825. The van der Waals surface area contributed by atoms with E-state index in [0.717, 1.165) is 12.1 Å². The van der Waals surface area contributed by atoms with Crippen LogP contribution < -0.4 is 0 Å². The summed E-state index contributed by atoms with van der Waals surface area (Å²) in [4.78, 5) is 0. The van der Waals surface area contributed by atoms with E-state index in [9.17, 15) is 0 Å². The van der Waals surface area contributed by atoms with Gasteiger partial charge in [-0.1, -0.05) is 133 Å². The van der Waals surface area contributed by atoms with E-state index in [0.29, 0.717) is 0 Å². The maximum Gasteiger partial charge on any atom is 0.0541 e. The molecule has 0 spiro atoms. The maximum absolute atomic E-state index is 4.05. The number of para-hydroxylation sites is 2. The smallest absolute Gasteiger partial charge is 0.0541 e. The zero-order valence-corrected chi connectivity index (χ0v) is 32.4. The molecule has 0 radical (unpaired) electrons. The maximum atomic E-state index is 4.05. The molecule has 0 bridgehead atoms. The molecule has 0 saturated carbocycles. The van der Waals surface area contributed by atoms with Gasteiger partial charge in [0.1, 0.15) is 0 Å². The van der Waals surface area contributed by atoms with Crippen LogP contribution in [0.2, 0.25) is 0 Å². The standard InChI is InChI=1S/C57H38N2/c1-2-13-37-24-29-55-51(32-37)53-36-41(40-26-30-56-52(35-40)49-22-10-11-23-54(49)58(56)42-15-4-3-5-16-42)27-31-57(53)59(55)43-17-12-14-38(33-43)39-25-28-48-46-20-7-6-18-44(46)45-19-8-9-21-47(45)50(48)34-39/h2-12,14-36H,1,13H2. The summed E-state index contributed by atoms with van der Waals surface area (Å²) in [6, 6.07) is 73.9. The summed E-state index contributed by atoms with van der Waals surface area (Å²) in [6.45, 7) is 4.05. The molecule has 2 nitrogen and oxygen atoms in total. The molecule has 0 unspecified atom stereocenters. The van der Waals surface area contributed by atoms with Gasteiger partial charge < -0.3 is 9.13 Å². The quantitative estimate of drug-likeness (QED) is 0.118. The van der Waals surface area contributed by atoms with Crippen LogP contribution >= 0.6 is 0 Å². The van der Waals surface area contributed by atoms with Crippen molar-refractivity contribution >= 4 is 75.9 Å². The van der Waals surface area contributed by atoms with Crippen LogP contribution in [-0.4, -0.2) is 9.13 Å². The zero-order chi connectivity index (χ0) is 39.0. The van der Waals surface area contributed by atoms with Crippen molar-refractivity contribution in [3.63, 3.8) is 0 Å². The summed E-state index contributed by atoms with van der Waals surface area (Å²) < 4.78 is 4.82. The number of benzene rings is 10. The lowest BCUT2D eigenvalue weighted by Crippen LogP contribution is -1.95. The highest BCUT2D eigenvalue weighted by Crippen LogP contribution is 2.41. The molecule has 276 valence electrons. The third-order valence-electron chi connectivity index (χ3n) is 12.4. The van der Waals surface area contributed by atoms with Crippen LogP contribution in [0, 0.1) is 0 Å². The van der Waals surface area contributed by atoms with Crippen molar-refractivity contribution in [1.82, 2.24) is 9.13 Å². The van der Waals surface area contributed by atoms with Crippen LogP contribution in [0.1, 0.15) is 5.56 Å². The van der Waals surface area contributed by atoms with E-state index in [2.05, 4.69) is 216 Å². The van der Waals surface area contributed by atoms with Gasteiger partial charge in [0.05, 0.1) is 22.1 Å². The van der Waals surface area contributed by atoms with Gasteiger partial charge in [-0.3, -0.25) is 0 Å². The van der Waals surface area contributed by atoms with Crippen molar-refractivity contribution < 1.29 is 0 Å². The topological polar surface area (TPSA) is 9.86 Å². The fourth-order valence-corrected chi connectivity index (χ4v) is 9.74. The average molecular weight is 751 g/mol. The second kappa shape index (κ2) is 13.2. The summed E-state index contributed by atoms with van der Waals surface area (Å²) in [5.41, 5.74) is 13.2. The monoisotopic (exact) mass is 750 g/mol. The van der Waals surface area contributed by atoms with Gasteiger partial charge in [0.25, 0.3) is 0 Å². The van der Waals surface area contributed by atoms with Crippen LogP contribution in [-0.2, 0) is 6.42 Å². The molecule has 2 heteroatoms. The SMILES string of the molecule is C=CCc1ccc2c(c1)c1cc(-c3ccc4c(c3)c3ccccc3n4-c3ccccc3)ccc1n2-c1cccc(-c2ccc3c4ccccc4c4ccccc4c3c2)c1. The summed E-state index contributed by atoms with van der Waals surface area (Å²) in [5, 5.41) is 12.7. The molecule has 12 rings (SSSR count). The number of rotatable bonds is 6. The first-order chi connectivity index (χ1) is 29.2. The van der Waals surface area contributed by atoms with Crippen molar-refractivity contribution in [2.75, 3.05) is 0 Å². The van der Waals surface area contributed by atoms with Crippen molar-refractivity contribution in [3.05, 3.63) is 218 Å². The molecule has 0 aliphatic rings. The van der Waals surface area contributed by atoms with Crippen LogP contribution in [0.3, 0.4) is 0 Å². The molecular formula is C57H38N2. The predicted octanol–water partition coefficient (Wildman–Crippen LogP) is 15.4. The molecule has 12 aromatic rings. The molecule has 0 aliphatic heterocycles. The van der Waals surface area contributed by atoms with Crippen LogP contribution in [0.15, 0.2) is 213 Å². The van der Waals surface area contributed by atoms with Gasteiger partial charge in [-0.15, -0.1) is 6.58 Å². The van der Waals surface area contributed by atoms with Crippen LogP contribution in [0.4, 0.5) is 0 Å². The lowest BCUT2D eigenvalue weighted by molar-refractivity contribution is 1.18. The lowest BCUT2D eigenvalue weighted by atomic mass is 9.92. The van der Waals surface area contributed by atoms with Crippen molar-refractivity contribution in [3.8, 4) is 33.6 Å². The van der Waals surface area contributed by atoms with Crippen molar-refractivity contribution in [2.45, 2.75) is 6.42 Å². The van der Waals surface area contributed by atoms with E-state index in [-0.39, 0.29) is 0 Å². The Bertz CT molecular complexity index is 3620. The van der Waals surface area contributed by atoms with E-state index in [1.54, 1.807) is 0 Å². The van der Waals surface area contributed by atoms with Crippen molar-refractivity contribution in [2.24, 2.45) is 0 Å². The van der Waals surface area contributed by atoms with Gasteiger partial charge >= 0.3 is 0 Å². The first-order valence-electron chi connectivity index (χ1n) is 20.4. The van der Waals surface area contributed by atoms with Gasteiger partial charge in [-0.2, -0.15) is 0 Å². The van der Waals surface area contributed by atoms with Gasteiger partial charge in [-0.25, -0.2) is 0 Å². The summed E-state index contributed by atoms with van der Waals surface area (Å²) in [5.74, 6) is 0. The Hall–Kier alpha value is -7.68. The van der Waals surface area contributed by atoms with E-state index in [1.165, 1.54) is 109 Å². The van der Waals surface area contributed by atoms with E-state index in [4.69, 9.17) is 0 Å². The first kappa shape index (κ1) is 33.5. The first-order valence-corrected chi connectivity index (χ1v) is 20.4. The summed E-state index contributed by atoms with van der Waals surface area (Å²) in [6.07, 6.45) is 2.82. The van der Waals surface area contributed by atoms with Gasteiger partial charge in [0, 0.05) is 32.9 Å². The Kier molecular flexibility index (Phi) is 7.48. The van der Waals surface area contributed by atoms with Crippen molar-refractivity contribution in [1.29, 1.82) is 0 Å². The Balaban J connectivity index is 1.02. The largest absolute Gasteiger partial charge is 0.309 e. The molecule has 0 fully saturated rings. The van der Waals surface area contributed by atoms with Gasteiger partial charge in [-0.05, 0) is 139 Å². The second-order valence-corrected chi connectivity index (χ2v) is 15.7. The lowest BCUT2D eigenvalue weighted by Gasteiger charge is -2.13. The molecule has 0 N–H and O–H groups in total. The molecule has 59 heavy (non-hydrogen) atoms. The number of nitrogens with zero attached hydrogens (tertiary/aromatic N) is 2. The number of fused-ring (bicyclic) bond motifs is 12. The number of aromatic nitrogens is 2. The predicted molar refractivity (Wildman–Crippen MR) is 252 cm³/mol.